The SMILES string of the molecule is CCC[C@@H](N)C(=O)NCC1(C(=O)O)CCOCC1. The van der Waals surface area contributed by atoms with Crippen LogP contribution in [0.2, 0.25) is 0 Å². The van der Waals surface area contributed by atoms with Gasteiger partial charge < -0.3 is 20.9 Å². The van der Waals surface area contributed by atoms with Gasteiger partial charge >= 0.3 is 5.97 Å². The molecule has 6 heteroatoms. The number of ether oxygens (including phenoxy) is 1. The molecular formula is C12H22N2O4. The van der Waals surface area contributed by atoms with E-state index in [1.165, 1.54) is 0 Å². The van der Waals surface area contributed by atoms with E-state index < -0.39 is 17.4 Å². The Labute approximate surface area is 107 Å². The predicted molar refractivity (Wildman–Crippen MR) is 66.0 cm³/mol. The molecule has 0 radical (unpaired) electrons. The number of rotatable bonds is 6. The Morgan fingerprint density at radius 3 is 2.56 bits per heavy atom. The number of carbonyl (C=O) groups is 2. The van der Waals surface area contributed by atoms with Crippen molar-refractivity contribution in [2.75, 3.05) is 19.8 Å². The van der Waals surface area contributed by atoms with Crippen molar-refractivity contribution in [1.82, 2.24) is 5.32 Å². The topological polar surface area (TPSA) is 102 Å². The lowest BCUT2D eigenvalue weighted by Gasteiger charge is -2.33. The van der Waals surface area contributed by atoms with Crippen LogP contribution in [-0.4, -0.2) is 42.8 Å². The average Bonchev–Trinajstić information content (AvgIpc) is 2.37. The molecule has 0 aliphatic carbocycles. The number of hydrogen-bond acceptors (Lipinski definition) is 4. The second-order valence-electron chi connectivity index (χ2n) is 4.81. The van der Waals surface area contributed by atoms with Gasteiger partial charge in [0.2, 0.25) is 5.91 Å². The van der Waals surface area contributed by atoms with E-state index >= 15 is 0 Å². The lowest BCUT2D eigenvalue weighted by molar-refractivity contribution is -0.154. The molecule has 1 rings (SSSR count). The van der Waals surface area contributed by atoms with Crippen molar-refractivity contribution in [1.29, 1.82) is 0 Å². The van der Waals surface area contributed by atoms with E-state index in [2.05, 4.69) is 5.32 Å². The standard InChI is InChI=1S/C12H22N2O4/c1-2-3-9(13)10(15)14-8-12(11(16)17)4-6-18-7-5-12/h9H,2-8,13H2,1H3,(H,14,15)(H,16,17)/t9-/m1/s1. The predicted octanol–water partition coefficient (Wildman–Crippen LogP) is 0.111. The summed E-state index contributed by atoms with van der Waals surface area (Å²) in [6.07, 6.45) is 2.28. The van der Waals surface area contributed by atoms with Crippen LogP contribution in [0.1, 0.15) is 32.6 Å². The van der Waals surface area contributed by atoms with Gasteiger partial charge in [0, 0.05) is 19.8 Å². The van der Waals surface area contributed by atoms with Crippen molar-refractivity contribution < 1.29 is 19.4 Å². The van der Waals surface area contributed by atoms with Gasteiger partial charge in [-0.2, -0.15) is 0 Å². The summed E-state index contributed by atoms with van der Waals surface area (Å²) >= 11 is 0. The molecule has 1 heterocycles. The summed E-state index contributed by atoms with van der Waals surface area (Å²) in [5.74, 6) is -1.15. The molecule has 0 aromatic rings. The Morgan fingerprint density at radius 2 is 2.06 bits per heavy atom. The zero-order valence-electron chi connectivity index (χ0n) is 10.8. The molecule has 1 saturated heterocycles. The Morgan fingerprint density at radius 1 is 1.44 bits per heavy atom. The third-order valence-corrected chi connectivity index (χ3v) is 3.44. The van der Waals surface area contributed by atoms with Gasteiger partial charge in [-0.05, 0) is 19.3 Å². The molecule has 1 aliphatic heterocycles. The third-order valence-electron chi connectivity index (χ3n) is 3.44. The van der Waals surface area contributed by atoms with Crippen LogP contribution in [0.4, 0.5) is 0 Å². The Kier molecular flexibility index (Phi) is 5.55. The first-order valence-corrected chi connectivity index (χ1v) is 6.36. The summed E-state index contributed by atoms with van der Waals surface area (Å²) in [5.41, 5.74) is 4.78. The average molecular weight is 258 g/mol. The van der Waals surface area contributed by atoms with Crippen molar-refractivity contribution in [3.8, 4) is 0 Å². The van der Waals surface area contributed by atoms with Gasteiger partial charge in [0.15, 0.2) is 0 Å². The van der Waals surface area contributed by atoms with Crippen LogP contribution in [0.5, 0.6) is 0 Å². The first-order valence-electron chi connectivity index (χ1n) is 6.36. The maximum Gasteiger partial charge on any atom is 0.311 e. The number of nitrogens with one attached hydrogen (secondary N) is 1. The van der Waals surface area contributed by atoms with Crippen molar-refractivity contribution in [2.45, 2.75) is 38.6 Å². The molecule has 0 unspecified atom stereocenters. The molecule has 1 amide bonds. The van der Waals surface area contributed by atoms with Crippen molar-refractivity contribution in [3.63, 3.8) is 0 Å². The van der Waals surface area contributed by atoms with E-state index in [9.17, 15) is 14.7 Å². The summed E-state index contributed by atoms with van der Waals surface area (Å²) in [5, 5.41) is 12.0. The molecule has 0 saturated carbocycles. The zero-order valence-corrected chi connectivity index (χ0v) is 10.8. The lowest BCUT2D eigenvalue weighted by Crippen LogP contribution is -2.50. The van der Waals surface area contributed by atoms with Gasteiger partial charge in [0.25, 0.3) is 0 Å². The molecule has 104 valence electrons. The normalized spacial score (nSPS) is 20.1. The van der Waals surface area contributed by atoms with Crippen LogP contribution >= 0.6 is 0 Å². The highest BCUT2D eigenvalue weighted by molar-refractivity contribution is 5.82. The monoisotopic (exact) mass is 258 g/mol. The summed E-state index contributed by atoms with van der Waals surface area (Å²) in [4.78, 5) is 23.0. The first-order chi connectivity index (χ1) is 8.52. The van der Waals surface area contributed by atoms with Crippen LogP contribution in [0, 0.1) is 5.41 Å². The van der Waals surface area contributed by atoms with Crippen LogP contribution in [0.15, 0.2) is 0 Å². The number of aliphatic carboxylic acids is 1. The molecule has 4 N–H and O–H groups in total. The minimum Gasteiger partial charge on any atom is -0.481 e. The molecule has 1 aliphatic rings. The van der Waals surface area contributed by atoms with Gasteiger partial charge in [-0.25, -0.2) is 0 Å². The zero-order chi connectivity index (χ0) is 13.6. The maximum absolute atomic E-state index is 11.7. The van der Waals surface area contributed by atoms with Crippen molar-refractivity contribution in [3.05, 3.63) is 0 Å². The molecule has 0 spiro atoms. The maximum atomic E-state index is 11.7. The number of hydrogen-bond donors (Lipinski definition) is 3. The van der Waals surface area contributed by atoms with E-state index in [0.29, 0.717) is 32.5 Å². The third kappa shape index (κ3) is 3.68. The van der Waals surface area contributed by atoms with Crippen molar-refractivity contribution in [2.24, 2.45) is 11.1 Å². The molecule has 0 aromatic heterocycles. The summed E-state index contributed by atoms with van der Waals surface area (Å²) in [7, 11) is 0. The highest BCUT2D eigenvalue weighted by Crippen LogP contribution is 2.30. The Balaban J connectivity index is 2.52. The van der Waals surface area contributed by atoms with Crippen LogP contribution in [-0.2, 0) is 14.3 Å². The molecular weight excluding hydrogens is 236 g/mol. The lowest BCUT2D eigenvalue weighted by atomic mass is 9.80. The number of carboxylic acid groups (broad SMARTS) is 1. The van der Waals surface area contributed by atoms with Gasteiger partial charge in [0.1, 0.15) is 0 Å². The number of nitrogens with two attached hydrogens (primary N) is 1. The molecule has 0 bridgehead atoms. The van der Waals surface area contributed by atoms with Crippen molar-refractivity contribution >= 4 is 11.9 Å². The summed E-state index contributed by atoms with van der Waals surface area (Å²) in [6.45, 7) is 2.92. The summed E-state index contributed by atoms with van der Waals surface area (Å²) < 4.78 is 5.17. The quantitative estimate of drug-likeness (QED) is 0.627. The molecule has 1 atom stereocenters. The van der Waals surface area contributed by atoms with E-state index in [1.807, 2.05) is 6.92 Å². The Hall–Kier alpha value is -1.14. The Bertz CT molecular complexity index is 300. The van der Waals surface area contributed by atoms with E-state index in [1.54, 1.807) is 0 Å². The molecule has 6 nitrogen and oxygen atoms in total. The van der Waals surface area contributed by atoms with Gasteiger partial charge in [-0.1, -0.05) is 13.3 Å². The molecule has 0 aromatic carbocycles. The van der Waals surface area contributed by atoms with Crippen LogP contribution in [0.3, 0.4) is 0 Å². The van der Waals surface area contributed by atoms with Gasteiger partial charge in [0.05, 0.1) is 11.5 Å². The largest absolute Gasteiger partial charge is 0.481 e. The van der Waals surface area contributed by atoms with E-state index in [0.717, 1.165) is 6.42 Å². The van der Waals surface area contributed by atoms with E-state index in [4.69, 9.17) is 10.5 Å². The fraction of sp³-hybridized carbons (Fsp3) is 0.833. The molecule has 1 fully saturated rings. The fourth-order valence-electron chi connectivity index (χ4n) is 2.06. The number of amides is 1. The van der Waals surface area contributed by atoms with Crippen LogP contribution < -0.4 is 11.1 Å². The van der Waals surface area contributed by atoms with Crippen LogP contribution in [0.25, 0.3) is 0 Å². The smallest absolute Gasteiger partial charge is 0.311 e. The van der Waals surface area contributed by atoms with Gasteiger partial charge in [-0.3, -0.25) is 9.59 Å². The number of carboxylic acids is 1. The first kappa shape index (κ1) is 14.9. The summed E-state index contributed by atoms with van der Waals surface area (Å²) in [6, 6.07) is -0.555. The minimum absolute atomic E-state index is 0.127. The minimum atomic E-state index is -0.903. The second-order valence-corrected chi connectivity index (χ2v) is 4.81. The molecule has 18 heavy (non-hydrogen) atoms. The van der Waals surface area contributed by atoms with E-state index in [-0.39, 0.29) is 12.5 Å². The second kappa shape index (κ2) is 6.70. The highest BCUT2D eigenvalue weighted by atomic mass is 16.5. The number of carbonyl (C=O) groups excluding carboxylic acids is 1. The fourth-order valence-corrected chi connectivity index (χ4v) is 2.06. The van der Waals surface area contributed by atoms with Gasteiger partial charge in [-0.15, -0.1) is 0 Å². The highest BCUT2D eigenvalue weighted by Gasteiger charge is 2.40.